The van der Waals surface area contributed by atoms with E-state index in [9.17, 15) is 23.1 Å². The summed E-state index contributed by atoms with van der Waals surface area (Å²) in [5.74, 6) is -1.48. The molecule has 2 unspecified atom stereocenters. The van der Waals surface area contributed by atoms with Crippen molar-refractivity contribution in [3.8, 4) is 0 Å². The summed E-state index contributed by atoms with van der Waals surface area (Å²) in [5.41, 5.74) is 1.83. The molecule has 0 bridgehead atoms. The van der Waals surface area contributed by atoms with E-state index in [1.54, 1.807) is 29.2 Å². The largest absolute Gasteiger partial charge is 0.481 e. The molecule has 1 saturated carbocycles. The summed E-state index contributed by atoms with van der Waals surface area (Å²) in [6, 6.07) is 11.8. The van der Waals surface area contributed by atoms with Gasteiger partial charge in [-0.2, -0.15) is 0 Å². The number of hydrogen-bond donors (Lipinski definition) is 1. The number of carbonyl (C=O) groups is 2. The molecule has 1 N–H and O–H groups in total. The fourth-order valence-corrected chi connectivity index (χ4v) is 9.45. The SMILES string of the molecule is O=C(O)[C@H]1CC[C@H](C(=O)N2CCC3(S(=O)(=O)c4ccc(Cl)cc4)c4ccc(I)cc4CCC23)CC1. The van der Waals surface area contributed by atoms with Crippen molar-refractivity contribution in [2.24, 2.45) is 11.8 Å². The molecule has 2 aromatic rings. The van der Waals surface area contributed by atoms with Gasteiger partial charge >= 0.3 is 5.97 Å². The van der Waals surface area contributed by atoms with Crippen molar-refractivity contribution in [1.29, 1.82) is 0 Å². The Bertz CT molecular complexity index is 1270. The Morgan fingerprint density at radius 3 is 2.31 bits per heavy atom. The molecule has 2 atom stereocenters. The van der Waals surface area contributed by atoms with Crippen LogP contribution in [0, 0.1) is 15.4 Å². The number of amides is 1. The van der Waals surface area contributed by atoms with E-state index in [1.807, 2.05) is 12.1 Å². The van der Waals surface area contributed by atoms with E-state index in [-0.39, 0.29) is 16.7 Å². The van der Waals surface area contributed by atoms with Crippen LogP contribution in [-0.2, 0) is 30.6 Å². The number of carbonyl (C=O) groups excluding carboxylic acids is 1. The molecule has 2 aliphatic carbocycles. The maximum absolute atomic E-state index is 14.4. The smallest absolute Gasteiger partial charge is 0.306 e. The van der Waals surface area contributed by atoms with Gasteiger partial charge < -0.3 is 10.0 Å². The Balaban J connectivity index is 1.55. The summed E-state index contributed by atoms with van der Waals surface area (Å²) in [7, 11) is -3.85. The summed E-state index contributed by atoms with van der Waals surface area (Å²) in [4.78, 5) is 27.1. The molecule has 186 valence electrons. The minimum absolute atomic E-state index is 0.0269. The molecule has 2 aromatic carbocycles. The predicted molar refractivity (Wildman–Crippen MR) is 141 cm³/mol. The number of aliphatic carboxylic acids is 1. The minimum Gasteiger partial charge on any atom is -0.481 e. The van der Waals surface area contributed by atoms with Crippen LogP contribution in [0.3, 0.4) is 0 Å². The Kier molecular flexibility index (Phi) is 6.68. The quantitative estimate of drug-likeness (QED) is 0.479. The van der Waals surface area contributed by atoms with Gasteiger partial charge in [0.05, 0.1) is 16.9 Å². The monoisotopic (exact) mass is 627 g/mol. The van der Waals surface area contributed by atoms with Gasteiger partial charge in [-0.25, -0.2) is 8.42 Å². The van der Waals surface area contributed by atoms with Crippen LogP contribution in [0.1, 0.15) is 49.7 Å². The van der Waals surface area contributed by atoms with Crippen LogP contribution in [0.5, 0.6) is 0 Å². The number of nitrogens with zero attached hydrogens (tertiary/aromatic N) is 1. The fraction of sp³-hybridized carbons (Fsp3) is 0.462. The molecule has 2 fully saturated rings. The van der Waals surface area contributed by atoms with Crippen molar-refractivity contribution >= 4 is 55.9 Å². The molecule has 0 radical (unpaired) electrons. The molecule has 1 amide bonds. The van der Waals surface area contributed by atoms with E-state index in [0.717, 1.165) is 14.7 Å². The summed E-state index contributed by atoms with van der Waals surface area (Å²) in [6.07, 6.45) is 3.67. The number of benzene rings is 2. The first kappa shape index (κ1) is 25.0. The van der Waals surface area contributed by atoms with Crippen molar-refractivity contribution in [2.45, 2.75) is 60.6 Å². The van der Waals surface area contributed by atoms with Crippen molar-refractivity contribution in [3.05, 3.63) is 62.2 Å². The molecule has 1 saturated heterocycles. The molecule has 6 nitrogen and oxygen atoms in total. The molecular weight excluding hydrogens is 601 g/mol. The Labute approximate surface area is 224 Å². The number of likely N-dealkylation sites (tertiary alicyclic amines) is 1. The van der Waals surface area contributed by atoms with Crippen LogP contribution < -0.4 is 0 Å². The van der Waals surface area contributed by atoms with Gasteiger partial charge in [-0.05, 0) is 115 Å². The number of rotatable bonds is 4. The molecule has 3 aliphatic rings. The third-order valence-corrected chi connectivity index (χ3v) is 11.6. The van der Waals surface area contributed by atoms with Crippen LogP contribution in [0.2, 0.25) is 5.02 Å². The summed E-state index contributed by atoms with van der Waals surface area (Å²) in [6.45, 7) is 0.376. The highest BCUT2D eigenvalue weighted by Gasteiger charge is 2.61. The van der Waals surface area contributed by atoms with E-state index in [0.29, 0.717) is 56.5 Å². The van der Waals surface area contributed by atoms with E-state index in [2.05, 4.69) is 28.7 Å². The number of halogens is 2. The molecule has 0 aromatic heterocycles. The van der Waals surface area contributed by atoms with Crippen molar-refractivity contribution < 1.29 is 23.1 Å². The van der Waals surface area contributed by atoms with Gasteiger partial charge in [0, 0.05) is 21.1 Å². The second-order valence-electron chi connectivity index (χ2n) is 9.87. The molecule has 35 heavy (non-hydrogen) atoms. The second kappa shape index (κ2) is 9.34. The maximum Gasteiger partial charge on any atom is 0.306 e. The van der Waals surface area contributed by atoms with Crippen LogP contribution in [-0.4, -0.2) is 42.9 Å². The van der Waals surface area contributed by atoms with Gasteiger partial charge in [-0.1, -0.05) is 17.7 Å². The zero-order valence-corrected chi connectivity index (χ0v) is 22.9. The predicted octanol–water partition coefficient (Wildman–Crippen LogP) is 5.05. The van der Waals surface area contributed by atoms with E-state index >= 15 is 0 Å². The standard InChI is InChI=1S/C26H27ClINO5S/c27-19-6-9-21(10-7-19)35(33,34)26-13-14-29(24(30)16-1-3-17(4-2-16)25(31)32)23(26)12-5-18-15-20(28)8-11-22(18)26/h6-11,15-17,23H,1-5,12-14H2,(H,31,32)/t16-,17-,23?,26?. The third-order valence-electron chi connectivity index (χ3n) is 8.16. The van der Waals surface area contributed by atoms with Crippen LogP contribution in [0.4, 0.5) is 0 Å². The molecule has 9 heteroatoms. The van der Waals surface area contributed by atoms with Gasteiger partial charge in [0.1, 0.15) is 4.75 Å². The van der Waals surface area contributed by atoms with Gasteiger partial charge in [-0.15, -0.1) is 0 Å². The molecule has 1 heterocycles. The number of fused-ring (bicyclic) bond motifs is 3. The van der Waals surface area contributed by atoms with Gasteiger partial charge in [0.15, 0.2) is 9.84 Å². The molecular formula is C26H27ClINO5S. The fourth-order valence-electron chi connectivity index (χ4n) is 6.41. The minimum atomic E-state index is -3.85. The topological polar surface area (TPSA) is 91.8 Å². The van der Waals surface area contributed by atoms with Gasteiger partial charge in [0.2, 0.25) is 5.91 Å². The molecule has 1 aliphatic heterocycles. The Hall–Kier alpha value is -1.65. The van der Waals surface area contributed by atoms with E-state index in [4.69, 9.17) is 11.6 Å². The van der Waals surface area contributed by atoms with Crippen molar-refractivity contribution in [1.82, 2.24) is 4.90 Å². The summed E-state index contributed by atoms with van der Waals surface area (Å²) < 4.78 is 28.6. The zero-order chi connectivity index (χ0) is 25.0. The number of aryl methyl sites for hydroxylation is 1. The lowest BCUT2D eigenvalue weighted by atomic mass is 9.78. The number of sulfone groups is 1. The van der Waals surface area contributed by atoms with Crippen molar-refractivity contribution in [3.63, 3.8) is 0 Å². The van der Waals surface area contributed by atoms with E-state index < -0.39 is 32.5 Å². The van der Waals surface area contributed by atoms with E-state index in [1.165, 1.54) is 0 Å². The van der Waals surface area contributed by atoms with Crippen LogP contribution in [0.15, 0.2) is 47.4 Å². The van der Waals surface area contributed by atoms with Crippen LogP contribution in [0.25, 0.3) is 0 Å². The average molecular weight is 628 g/mol. The van der Waals surface area contributed by atoms with Crippen molar-refractivity contribution in [2.75, 3.05) is 6.54 Å². The highest BCUT2D eigenvalue weighted by Crippen LogP contribution is 2.53. The third kappa shape index (κ3) is 4.09. The van der Waals surface area contributed by atoms with Gasteiger partial charge in [0.25, 0.3) is 0 Å². The highest BCUT2D eigenvalue weighted by atomic mass is 127. The lowest BCUT2D eigenvalue weighted by Crippen LogP contribution is -2.53. The van der Waals surface area contributed by atoms with Crippen LogP contribution >= 0.6 is 34.2 Å². The maximum atomic E-state index is 14.4. The summed E-state index contributed by atoms with van der Waals surface area (Å²) in [5, 5.41) is 9.79. The van der Waals surface area contributed by atoms with Gasteiger partial charge in [-0.3, -0.25) is 9.59 Å². The zero-order valence-electron chi connectivity index (χ0n) is 19.1. The number of carboxylic acids is 1. The molecule has 5 rings (SSSR count). The number of hydrogen-bond acceptors (Lipinski definition) is 4. The highest BCUT2D eigenvalue weighted by molar-refractivity contribution is 14.1. The first-order valence-electron chi connectivity index (χ1n) is 12.0. The number of carboxylic acid groups (broad SMARTS) is 1. The second-order valence-corrected chi connectivity index (χ2v) is 13.8. The lowest BCUT2D eigenvalue weighted by molar-refractivity contribution is -0.146. The summed E-state index contributed by atoms with van der Waals surface area (Å²) >= 11 is 8.30. The molecule has 0 spiro atoms. The first-order valence-corrected chi connectivity index (χ1v) is 14.9. The average Bonchev–Trinajstić information content (AvgIpc) is 3.25. The Morgan fingerprint density at radius 2 is 1.66 bits per heavy atom. The Morgan fingerprint density at radius 1 is 1.00 bits per heavy atom. The normalized spacial score (nSPS) is 28.3. The first-order chi connectivity index (χ1) is 16.6. The lowest BCUT2D eigenvalue weighted by Gasteiger charge is -2.43.